The summed E-state index contributed by atoms with van der Waals surface area (Å²) >= 11 is 0. The Hall–Kier alpha value is -3.03. The number of amides is 2. The highest BCUT2D eigenvalue weighted by Gasteiger charge is 2.29. The minimum Gasteiger partial charge on any atom is -0.467 e. The smallest absolute Gasteiger partial charge is 0.340 e. The van der Waals surface area contributed by atoms with Gasteiger partial charge in [-0.3, -0.25) is 9.59 Å². The van der Waals surface area contributed by atoms with Crippen LogP contribution < -0.4 is 5.32 Å². The average molecular weight is 430 g/mol. The maximum Gasteiger partial charge on any atom is 0.340 e. The maximum atomic E-state index is 13.0. The van der Waals surface area contributed by atoms with Gasteiger partial charge in [0.2, 0.25) is 5.91 Å². The van der Waals surface area contributed by atoms with Crippen LogP contribution in [0.3, 0.4) is 0 Å². The Morgan fingerprint density at radius 2 is 1.97 bits per heavy atom. The van der Waals surface area contributed by atoms with E-state index in [1.165, 1.54) is 0 Å². The Bertz CT molecular complexity index is 921. The van der Waals surface area contributed by atoms with E-state index in [0.29, 0.717) is 48.6 Å². The van der Waals surface area contributed by atoms with E-state index in [-0.39, 0.29) is 23.8 Å². The van der Waals surface area contributed by atoms with Gasteiger partial charge in [0, 0.05) is 25.2 Å². The van der Waals surface area contributed by atoms with Gasteiger partial charge in [0.25, 0.3) is 5.91 Å². The first kappa shape index (κ1) is 22.7. The van der Waals surface area contributed by atoms with E-state index in [2.05, 4.69) is 10.3 Å². The van der Waals surface area contributed by atoms with E-state index in [1.807, 2.05) is 6.07 Å². The number of carbonyl (C=O) groups is 3. The molecule has 3 rings (SSSR count). The monoisotopic (exact) mass is 429 g/mol. The molecule has 1 aliphatic rings. The molecule has 0 saturated carbocycles. The zero-order valence-electron chi connectivity index (χ0n) is 18.6. The number of aromatic amines is 1. The van der Waals surface area contributed by atoms with Crippen molar-refractivity contribution < 1.29 is 23.5 Å². The first-order chi connectivity index (χ1) is 14.8. The largest absolute Gasteiger partial charge is 0.467 e. The molecule has 0 bridgehead atoms. The number of aromatic nitrogens is 1. The van der Waals surface area contributed by atoms with Crippen molar-refractivity contribution >= 4 is 17.8 Å². The highest BCUT2D eigenvalue weighted by atomic mass is 16.5. The van der Waals surface area contributed by atoms with Crippen molar-refractivity contribution in [3.8, 4) is 0 Å². The summed E-state index contributed by atoms with van der Waals surface area (Å²) in [6.07, 6.45) is 3.32. The predicted molar refractivity (Wildman–Crippen MR) is 115 cm³/mol. The van der Waals surface area contributed by atoms with Crippen molar-refractivity contribution in [3.05, 3.63) is 46.7 Å². The zero-order valence-corrected chi connectivity index (χ0v) is 18.6. The van der Waals surface area contributed by atoms with Crippen molar-refractivity contribution in [1.29, 1.82) is 0 Å². The molecule has 0 unspecified atom stereocenters. The Morgan fingerprint density at radius 1 is 1.26 bits per heavy atom. The lowest BCUT2D eigenvalue weighted by Crippen LogP contribution is -2.40. The molecule has 2 aromatic rings. The lowest BCUT2D eigenvalue weighted by Gasteiger charge is -2.31. The van der Waals surface area contributed by atoms with Gasteiger partial charge >= 0.3 is 5.97 Å². The van der Waals surface area contributed by atoms with Gasteiger partial charge in [-0.2, -0.15) is 0 Å². The number of esters is 1. The number of hydrogen-bond acceptors (Lipinski definition) is 5. The van der Waals surface area contributed by atoms with Crippen molar-refractivity contribution in [1.82, 2.24) is 15.2 Å². The lowest BCUT2D eigenvalue weighted by molar-refractivity contribution is -0.122. The van der Waals surface area contributed by atoms with Crippen LogP contribution in [0.1, 0.15) is 71.0 Å². The van der Waals surface area contributed by atoms with Gasteiger partial charge in [-0.25, -0.2) is 4.79 Å². The summed E-state index contributed by atoms with van der Waals surface area (Å²) in [5.74, 6) is 0.417. The Morgan fingerprint density at radius 3 is 2.58 bits per heavy atom. The van der Waals surface area contributed by atoms with Crippen LogP contribution in [-0.2, 0) is 16.1 Å². The third-order valence-corrected chi connectivity index (χ3v) is 5.61. The summed E-state index contributed by atoms with van der Waals surface area (Å²) in [6.45, 7) is 8.68. The van der Waals surface area contributed by atoms with Gasteiger partial charge in [-0.1, -0.05) is 0 Å². The van der Waals surface area contributed by atoms with E-state index in [4.69, 9.17) is 9.15 Å². The molecule has 0 spiro atoms. The zero-order chi connectivity index (χ0) is 22.5. The van der Waals surface area contributed by atoms with Crippen molar-refractivity contribution in [2.24, 2.45) is 5.92 Å². The number of nitrogens with one attached hydrogen (secondary N) is 2. The molecule has 168 valence electrons. The molecule has 3 heterocycles. The summed E-state index contributed by atoms with van der Waals surface area (Å²) in [6, 6.07) is 3.61. The second-order valence-electron chi connectivity index (χ2n) is 8.37. The minimum absolute atomic E-state index is 0.00896. The quantitative estimate of drug-likeness (QED) is 0.657. The summed E-state index contributed by atoms with van der Waals surface area (Å²) in [7, 11) is 0. The van der Waals surface area contributed by atoms with Gasteiger partial charge in [-0.15, -0.1) is 0 Å². The SMILES string of the molecule is Cc1[nH]c(C(=O)N2CCC(CC(=O)NCc3ccco3)CC2)c(C)c1C(=O)OC(C)C. The third-order valence-electron chi connectivity index (χ3n) is 5.61. The van der Waals surface area contributed by atoms with E-state index < -0.39 is 5.97 Å². The van der Waals surface area contributed by atoms with Gasteiger partial charge in [0.15, 0.2) is 0 Å². The fourth-order valence-electron chi connectivity index (χ4n) is 3.97. The summed E-state index contributed by atoms with van der Waals surface area (Å²) in [5, 5.41) is 2.87. The standard InChI is InChI=1S/C23H31N3O5/c1-14(2)31-23(29)20-15(3)21(25-16(20)4)22(28)26-9-7-17(8-10-26)12-19(27)24-13-18-6-5-11-30-18/h5-6,11,14,17,25H,7-10,12-13H2,1-4H3,(H,24,27). The third kappa shape index (κ3) is 5.57. The fraction of sp³-hybridized carbons (Fsp3) is 0.522. The highest BCUT2D eigenvalue weighted by Crippen LogP contribution is 2.25. The molecule has 31 heavy (non-hydrogen) atoms. The molecule has 0 aliphatic carbocycles. The molecular weight excluding hydrogens is 398 g/mol. The number of piperidine rings is 1. The Labute approximate surface area is 182 Å². The van der Waals surface area contributed by atoms with Gasteiger partial charge in [-0.05, 0) is 64.2 Å². The van der Waals surface area contributed by atoms with Gasteiger partial charge < -0.3 is 24.4 Å². The fourth-order valence-corrected chi connectivity index (χ4v) is 3.97. The van der Waals surface area contributed by atoms with Crippen LogP contribution in [0.15, 0.2) is 22.8 Å². The van der Waals surface area contributed by atoms with Gasteiger partial charge in [0.1, 0.15) is 11.5 Å². The number of carbonyl (C=O) groups excluding carboxylic acids is 3. The number of ether oxygens (including phenoxy) is 1. The molecule has 0 radical (unpaired) electrons. The maximum absolute atomic E-state index is 13.0. The normalized spacial score (nSPS) is 14.7. The number of hydrogen-bond donors (Lipinski definition) is 2. The van der Waals surface area contributed by atoms with Crippen molar-refractivity contribution in [2.75, 3.05) is 13.1 Å². The van der Waals surface area contributed by atoms with Crippen molar-refractivity contribution in [3.63, 3.8) is 0 Å². The molecular formula is C23H31N3O5. The lowest BCUT2D eigenvalue weighted by atomic mass is 9.93. The van der Waals surface area contributed by atoms with E-state index >= 15 is 0 Å². The molecule has 1 aliphatic heterocycles. The second-order valence-corrected chi connectivity index (χ2v) is 8.37. The number of nitrogens with zero attached hydrogens (tertiary/aromatic N) is 1. The first-order valence-corrected chi connectivity index (χ1v) is 10.7. The van der Waals surface area contributed by atoms with E-state index in [1.54, 1.807) is 44.9 Å². The number of rotatable bonds is 7. The molecule has 8 heteroatoms. The predicted octanol–water partition coefficient (Wildman–Crippen LogP) is 3.35. The van der Waals surface area contributed by atoms with Crippen LogP contribution in [0.25, 0.3) is 0 Å². The number of H-pyrrole nitrogens is 1. The summed E-state index contributed by atoms with van der Waals surface area (Å²) in [4.78, 5) is 42.5. The molecule has 1 fully saturated rings. The van der Waals surface area contributed by atoms with Crippen LogP contribution in [0, 0.1) is 19.8 Å². The number of likely N-dealkylation sites (tertiary alicyclic amines) is 1. The molecule has 8 nitrogen and oxygen atoms in total. The molecule has 1 saturated heterocycles. The average Bonchev–Trinajstić information content (AvgIpc) is 3.33. The summed E-state index contributed by atoms with van der Waals surface area (Å²) < 4.78 is 10.5. The second kappa shape index (κ2) is 9.85. The van der Waals surface area contributed by atoms with Crippen LogP contribution in [0.2, 0.25) is 0 Å². The molecule has 2 N–H and O–H groups in total. The minimum atomic E-state index is -0.417. The highest BCUT2D eigenvalue weighted by molar-refractivity contribution is 6.00. The molecule has 2 amide bonds. The van der Waals surface area contributed by atoms with Gasteiger partial charge in [0.05, 0.1) is 24.5 Å². The molecule has 0 atom stereocenters. The first-order valence-electron chi connectivity index (χ1n) is 10.7. The Balaban J connectivity index is 1.53. The van der Waals surface area contributed by atoms with Crippen molar-refractivity contribution in [2.45, 2.75) is 59.6 Å². The van der Waals surface area contributed by atoms with Crippen LogP contribution in [0.4, 0.5) is 0 Å². The Kier molecular flexibility index (Phi) is 7.20. The number of furan rings is 1. The van der Waals surface area contributed by atoms with E-state index in [0.717, 1.165) is 18.6 Å². The summed E-state index contributed by atoms with van der Waals surface area (Å²) in [5.41, 5.74) is 2.12. The van der Waals surface area contributed by atoms with Crippen LogP contribution in [0.5, 0.6) is 0 Å². The van der Waals surface area contributed by atoms with Crippen LogP contribution in [-0.4, -0.2) is 46.9 Å². The number of aryl methyl sites for hydroxylation is 1. The topological polar surface area (TPSA) is 105 Å². The van der Waals surface area contributed by atoms with E-state index in [9.17, 15) is 14.4 Å². The van der Waals surface area contributed by atoms with Crippen LogP contribution >= 0.6 is 0 Å². The molecule has 2 aromatic heterocycles. The molecule has 0 aromatic carbocycles.